The van der Waals surface area contributed by atoms with Crippen LogP contribution in [0.5, 0.6) is 0 Å². The Labute approximate surface area is 124 Å². The number of nitriles is 1. The maximum absolute atomic E-state index is 11.5. The predicted molar refractivity (Wildman–Crippen MR) is 78.3 cm³/mol. The summed E-state index contributed by atoms with van der Waals surface area (Å²) in [5, 5.41) is 27.4. The molecule has 0 bridgehead atoms. The monoisotopic (exact) mass is 314 g/mol. The number of nitro groups is 1. The van der Waals surface area contributed by atoms with Gasteiger partial charge in [0.15, 0.2) is 0 Å². The molecule has 2 atom stereocenters. The molecule has 9 nitrogen and oxygen atoms in total. The van der Waals surface area contributed by atoms with Crippen LogP contribution in [0, 0.1) is 21.4 Å². The topological polar surface area (TPSA) is 116 Å². The van der Waals surface area contributed by atoms with Crippen LogP contribution in [-0.2, 0) is 4.52 Å². The molecule has 10 heteroatoms. The van der Waals surface area contributed by atoms with Crippen LogP contribution in [-0.4, -0.2) is 40.2 Å². The van der Waals surface area contributed by atoms with E-state index in [-0.39, 0.29) is 25.1 Å². The second-order valence-electron chi connectivity index (χ2n) is 4.90. The van der Waals surface area contributed by atoms with Crippen LogP contribution < -0.4 is 0 Å². The van der Waals surface area contributed by atoms with Crippen molar-refractivity contribution in [2.45, 2.75) is 51.7 Å². The van der Waals surface area contributed by atoms with E-state index in [1.165, 1.54) is 0 Å². The summed E-state index contributed by atoms with van der Waals surface area (Å²) in [4.78, 5) is 14.8. The van der Waals surface area contributed by atoms with E-state index in [1.807, 2.05) is 38.4 Å². The molecule has 2 unspecified atom stereocenters. The maximum Gasteiger partial charge on any atom is 0.483 e. The van der Waals surface area contributed by atoms with Crippen molar-refractivity contribution in [1.82, 2.24) is 4.67 Å². The molecular formula is C11H19N6O3P. The van der Waals surface area contributed by atoms with Crippen molar-refractivity contribution < 1.29 is 9.45 Å². The van der Waals surface area contributed by atoms with Gasteiger partial charge in [0.2, 0.25) is 8.30 Å². The Bertz CT molecular complexity index is 453. The highest BCUT2D eigenvalue weighted by Gasteiger charge is 2.59. The summed E-state index contributed by atoms with van der Waals surface area (Å²) < 4.78 is 7.55. The molecule has 0 fully saturated rings. The molecule has 21 heavy (non-hydrogen) atoms. The van der Waals surface area contributed by atoms with E-state index in [0.717, 1.165) is 6.34 Å². The lowest BCUT2D eigenvalue weighted by molar-refractivity contribution is -0.539. The van der Waals surface area contributed by atoms with Crippen LogP contribution in [0.15, 0.2) is 15.2 Å². The molecule has 1 aliphatic rings. The Morgan fingerprint density at radius 1 is 1.48 bits per heavy atom. The number of aliphatic imine (C=N–C) groups is 1. The van der Waals surface area contributed by atoms with Crippen LogP contribution in [0.4, 0.5) is 0 Å². The molecule has 0 saturated carbocycles. The fourth-order valence-electron chi connectivity index (χ4n) is 1.98. The third kappa shape index (κ3) is 3.79. The molecule has 1 rings (SSSR count). The highest BCUT2D eigenvalue weighted by Crippen LogP contribution is 2.58. The Balaban J connectivity index is 3.17. The smallest absolute Gasteiger partial charge is 0.334 e. The van der Waals surface area contributed by atoms with Crippen molar-refractivity contribution >= 4 is 14.6 Å². The van der Waals surface area contributed by atoms with E-state index in [4.69, 9.17) is 9.79 Å². The van der Waals surface area contributed by atoms with Gasteiger partial charge in [-0.1, -0.05) is 5.11 Å². The van der Waals surface area contributed by atoms with Gasteiger partial charge in [0, 0.05) is 12.1 Å². The Kier molecular flexibility index (Phi) is 6.27. The molecule has 1 heterocycles. The van der Waals surface area contributed by atoms with E-state index in [0.29, 0.717) is 0 Å². The average Bonchev–Trinajstić information content (AvgIpc) is 2.87. The van der Waals surface area contributed by atoms with Gasteiger partial charge in [0.05, 0.1) is 24.0 Å². The van der Waals surface area contributed by atoms with E-state index >= 15 is 0 Å². The van der Waals surface area contributed by atoms with Crippen LogP contribution in [0.2, 0.25) is 0 Å². The molecule has 0 aromatic carbocycles. The second-order valence-corrected chi connectivity index (χ2v) is 6.76. The normalized spacial score (nSPS) is 22.2. The lowest BCUT2D eigenvalue weighted by atomic mass is 10.3. The molecule has 1 aliphatic heterocycles. The number of hydrogen-bond donors (Lipinski definition) is 0. The summed E-state index contributed by atoms with van der Waals surface area (Å²) in [6.45, 7) is 7.79. The number of nitrogens with zero attached hydrogens (tertiary/aromatic N) is 6. The molecule has 0 aliphatic carbocycles. The van der Waals surface area contributed by atoms with Crippen LogP contribution in [0.25, 0.3) is 0 Å². The lowest BCUT2D eigenvalue weighted by Gasteiger charge is -2.37. The summed E-state index contributed by atoms with van der Waals surface area (Å²) >= 11 is 0. The third-order valence-electron chi connectivity index (χ3n) is 2.67. The number of rotatable bonds is 8. The van der Waals surface area contributed by atoms with Gasteiger partial charge in [-0.15, -0.1) is 5.11 Å². The molecular weight excluding hydrogens is 295 g/mol. The Morgan fingerprint density at radius 2 is 2.10 bits per heavy atom. The Hall–Kier alpha value is -1.49. The summed E-state index contributed by atoms with van der Waals surface area (Å²) in [7, 11) is -1.81. The molecule has 0 amide bonds. The van der Waals surface area contributed by atoms with Crippen molar-refractivity contribution in [3.05, 3.63) is 10.1 Å². The van der Waals surface area contributed by atoms with Crippen molar-refractivity contribution in [3.63, 3.8) is 0 Å². The molecule has 0 saturated heterocycles. The van der Waals surface area contributed by atoms with Crippen molar-refractivity contribution in [2.24, 2.45) is 15.2 Å². The van der Waals surface area contributed by atoms with E-state index in [2.05, 4.69) is 15.2 Å². The van der Waals surface area contributed by atoms with Crippen molar-refractivity contribution in [1.29, 1.82) is 5.26 Å². The van der Waals surface area contributed by atoms with Gasteiger partial charge in [0.1, 0.15) is 6.34 Å². The SMILES string of the molecule is CC(C)N(C(C)C)P(OCCC#N)C1([N+](=O)[O-])N=CN=N1. The molecule has 0 aromatic rings. The summed E-state index contributed by atoms with van der Waals surface area (Å²) in [5.74, 6) is 0. The molecule has 0 aromatic heterocycles. The first-order valence-electron chi connectivity index (χ1n) is 6.55. The minimum atomic E-state index is -1.95. The van der Waals surface area contributed by atoms with Gasteiger partial charge in [-0.05, 0) is 27.7 Å². The van der Waals surface area contributed by atoms with Crippen LogP contribution in [0.3, 0.4) is 0 Å². The maximum atomic E-state index is 11.5. The lowest BCUT2D eigenvalue weighted by Crippen LogP contribution is -2.43. The average molecular weight is 314 g/mol. The molecule has 0 N–H and O–H groups in total. The Morgan fingerprint density at radius 3 is 2.48 bits per heavy atom. The minimum absolute atomic E-state index is 0.000946. The standard InChI is InChI=1S/C11H19N6O3P/c1-9(2)16(10(3)4)21(20-7-5-6-12)11(17(18)19)13-8-14-15-11/h8-10H,5,7H2,1-4H3. The minimum Gasteiger partial charge on any atom is -0.334 e. The van der Waals surface area contributed by atoms with Crippen LogP contribution in [0.1, 0.15) is 34.1 Å². The van der Waals surface area contributed by atoms with Gasteiger partial charge >= 0.3 is 5.53 Å². The van der Waals surface area contributed by atoms with Gasteiger partial charge in [0.25, 0.3) is 0 Å². The summed E-state index contributed by atoms with van der Waals surface area (Å²) in [6.07, 6.45) is 1.22. The zero-order valence-corrected chi connectivity index (χ0v) is 13.4. The summed E-state index contributed by atoms with van der Waals surface area (Å²) in [6, 6.07) is 1.96. The fraction of sp³-hybridized carbons (Fsp3) is 0.818. The molecule has 0 radical (unpaired) electrons. The number of hydrogen-bond acceptors (Lipinski definition) is 8. The van der Waals surface area contributed by atoms with Gasteiger partial charge in [-0.3, -0.25) is 10.1 Å². The van der Waals surface area contributed by atoms with Crippen molar-refractivity contribution in [2.75, 3.05) is 6.61 Å². The molecule has 116 valence electrons. The van der Waals surface area contributed by atoms with Gasteiger partial charge < -0.3 is 4.52 Å². The zero-order valence-electron chi connectivity index (χ0n) is 12.5. The first-order valence-corrected chi connectivity index (χ1v) is 7.76. The van der Waals surface area contributed by atoms with E-state index < -0.39 is 18.8 Å². The van der Waals surface area contributed by atoms with Gasteiger partial charge in [-0.2, -0.15) is 10.3 Å². The van der Waals surface area contributed by atoms with Gasteiger partial charge in [-0.25, -0.2) is 4.67 Å². The zero-order chi connectivity index (χ0) is 16.0. The highest BCUT2D eigenvalue weighted by atomic mass is 31.2. The highest BCUT2D eigenvalue weighted by molar-refractivity contribution is 7.51. The third-order valence-corrected chi connectivity index (χ3v) is 5.32. The van der Waals surface area contributed by atoms with E-state index in [1.54, 1.807) is 0 Å². The predicted octanol–water partition coefficient (Wildman–Crippen LogP) is 2.73. The second kappa shape index (κ2) is 7.50. The summed E-state index contributed by atoms with van der Waals surface area (Å²) in [5.41, 5.74) is -1.95. The molecule has 0 spiro atoms. The van der Waals surface area contributed by atoms with E-state index in [9.17, 15) is 10.1 Å². The number of azo groups is 1. The first-order chi connectivity index (χ1) is 9.86. The quantitative estimate of drug-likeness (QED) is 0.295. The first kappa shape index (κ1) is 17.6. The fourth-order valence-corrected chi connectivity index (χ4v) is 4.11. The van der Waals surface area contributed by atoms with Crippen LogP contribution >= 0.6 is 8.30 Å². The van der Waals surface area contributed by atoms with Crippen molar-refractivity contribution in [3.8, 4) is 6.07 Å². The largest absolute Gasteiger partial charge is 0.483 e.